The van der Waals surface area contributed by atoms with Gasteiger partial charge in [-0.2, -0.15) is 0 Å². The van der Waals surface area contributed by atoms with Gasteiger partial charge in [-0.15, -0.1) is 0 Å². The zero-order chi connectivity index (χ0) is 17.8. The Labute approximate surface area is 165 Å². The number of rotatable bonds is 5. The van der Waals surface area contributed by atoms with Crippen LogP contribution >= 0.6 is 34.2 Å². The van der Waals surface area contributed by atoms with Crippen molar-refractivity contribution in [2.75, 3.05) is 0 Å². The fraction of sp³-hybridized carbons (Fsp3) is 0.158. The summed E-state index contributed by atoms with van der Waals surface area (Å²) in [6, 6.07) is 15.1. The molecule has 128 valence electrons. The van der Waals surface area contributed by atoms with Gasteiger partial charge in [-0.25, -0.2) is 4.98 Å². The van der Waals surface area contributed by atoms with Crippen LogP contribution in [0.4, 0.5) is 0 Å². The molecule has 0 fully saturated rings. The third-order valence-electron chi connectivity index (χ3n) is 3.90. The molecule has 0 saturated heterocycles. The molecule has 6 heteroatoms. The van der Waals surface area contributed by atoms with E-state index >= 15 is 0 Å². The summed E-state index contributed by atoms with van der Waals surface area (Å²) in [5.74, 6) is 0.586. The zero-order valence-corrected chi connectivity index (χ0v) is 16.5. The molecule has 2 N–H and O–H groups in total. The minimum atomic E-state index is -0.195. The number of hydrogen-bond acceptors (Lipinski definition) is 2. The molecule has 1 heterocycles. The molecule has 4 nitrogen and oxygen atoms in total. The van der Waals surface area contributed by atoms with E-state index in [-0.39, 0.29) is 11.9 Å². The predicted octanol–water partition coefficient (Wildman–Crippen LogP) is 5.22. The number of carbonyl (C=O) groups excluding carboxylic acids is 1. The van der Waals surface area contributed by atoms with E-state index in [1.807, 2.05) is 43.3 Å². The lowest BCUT2D eigenvalue weighted by atomic mass is 10.1. The van der Waals surface area contributed by atoms with E-state index < -0.39 is 0 Å². The number of halogens is 2. The van der Waals surface area contributed by atoms with Crippen LogP contribution in [0.15, 0.2) is 54.7 Å². The first-order valence-electron chi connectivity index (χ1n) is 7.94. The SMILES string of the molecule is CCC(NC(=O)c1cc(Cl)ccc1I)c1ncc(-c2ccccc2)[nH]1. The molecular weight excluding hydrogens is 449 g/mol. The summed E-state index contributed by atoms with van der Waals surface area (Å²) in [5.41, 5.74) is 2.56. The molecule has 0 spiro atoms. The van der Waals surface area contributed by atoms with Crippen molar-refractivity contribution >= 4 is 40.1 Å². The maximum Gasteiger partial charge on any atom is 0.252 e. The van der Waals surface area contributed by atoms with Crippen LogP contribution in [0.2, 0.25) is 5.02 Å². The number of carbonyl (C=O) groups is 1. The van der Waals surface area contributed by atoms with Crippen molar-refractivity contribution in [3.8, 4) is 11.3 Å². The Balaban J connectivity index is 1.80. The van der Waals surface area contributed by atoms with Gasteiger partial charge in [0.1, 0.15) is 5.82 Å². The van der Waals surface area contributed by atoms with E-state index in [4.69, 9.17) is 11.6 Å². The van der Waals surface area contributed by atoms with Gasteiger partial charge >= 0.3 is 0 Å². The highest BCUT2D eigenvalue weighted by atomic mass is 127. The van der Waals surface area contributed by atoms with Crippen LogP contribution in [0, 0.1) is 3.57 Å². The van der Waals surface area contributed by atoms with E-state index in [0.29, 0.717) is 10.6 Å². The minimum Gasteiger partial charge on any atom is -0.342 e. The topological polar surface area (TPSA) is 57.8 Å². The molecule has 2 aromatic carbocycles. The lowest BCUT2D eigenvalue weighted by Gasteiger charge is -2.15. The van der Waals surface area contributed by atoms with Crippen LogP contribution in [-0.2, 0) is 0 Å². The molecule has 3 rings (SSSR count). The van der Waals surface area contributed by atoms with Crippen molar-refractivity contribution in [1.29, 1.82) is 0 Å². The molecule has 0 saturated carbocycles. The van der Waals surface area contributed by atoms with Crippen LogP contribution < -0.4 is 5.32 Å². The Morgan fingerprint density at radius 1 is 1.28 bits per heavy atom. The smallest absolute Gasteiger partial charge is 0.252 e. The summed E-state index contributed by atoms with van der Waals surface area (Å²) >= 11 is 8.15. The van der Waals surface area contributed by atoms with Gasteiger partial charge < -0.3 is 10.3 Å². The van der Waals surface area contributed by atoms with Crippen LogP contribution in [0.1, 0.15) is 35.6 Å². The van der Waals surface area contributed by atoms with E-state index in [9.17, 15) is 4.79 Å². The van der Waals surface area contributed by atoms with Crippen LogP contribution in [0.25, 0.3) is 11.3 Å². The quantitative estimate of drug-likeness (QED) is 0.508. The van der Waals surface area contributed by atoms with E-state index in [1.54, 1.807) is 18.3 Å². The average Bonchev–Trinajstić information content (AvgIpc) is 3.12. The van der Waals surface area contributed by atoms with Gasteiger partial charge in [0.2, 0.25) is 0 Å². The van der Waals surface area contributed by atoms with Crippen LogP contribution in [0.3, 0.4) is 0 Å². The highest BCUT2D eigenvalue weighted by Gasteiger charge is 2.19. The molecule has 1 amide bonds. The summed E-state index contributed by atoms with van der Waals surface area (Å²) < 4.78 is 0.860. The summed E-state index contributed by atoms with van der Waals surface area (Å²) in [7, 11) is 0. The van der Waals surface area contributed by atoms with Gasteiger partial charge in [0, 0.05) is 8.59 Å². The largest absolute Gasteiger partial charge is 0.342 e. The number of hydrogen-bond donors (Lipinski definition) is 2. The summed E-state index contributed by atoms with van der Waals surface area (Å²) in [6.45, 7) is 2.01. The number of aromatic nitrogens is 2. The predicted molar refractivity (Wildman–Crippen MR) is 109 cm³/mol. The fourth-order valence-electron chi connectivity index (χ4n) is 2.55. The normalized spacial score (nSPS) is 12.0. The maximum absolute atomic E-state index is 12.6. The van der Waals surface area contributed by atoms with E-state index in [1.165, 1.54) is 0 Å². The van der Waals surface area contributed by atoms with Gasteiger partial charge in [-0.3, -0.25) is 4.79 Å². The molecule has 0 radical (unpaired) electrons. The second-order valence-electron chi connectivity index (χ2n) is 5.61. The third-order valence-corrected chi connectivity index (χ3v) is 5.07. The van der Waals surface area contributed by atoms with Crippen molar-refractivity contribution in [3.63, 3.8) is 0 Å². The number of imidazole rings is 1. The Morgan fingerprint density at radius 3 is 2.76 bits per heavy atom. The first-order valence-corrected chi connectivity index (χ1v) is 9.40. The Bertz CT molecular complexity index is 879. The second-order valence-corrected chi connectivity index (χ2v) is 7.21. The molecule has 1 aromatic heterocycles. The molecule has 1 atom stereocenters. The number of amides is 1. The Kier molecular flexibility index (Phi) is 5.75. The molecule has 0 aliphatic heterocycles. The molecule has 1 unspecified atom stereocenters. The Morgan fingerprint density at radius 2 is 2.04 bits per heavy atom. The summed E-state index contributed by atoms with van der Waals surface area (Å²) in [4.78, 5) is 20.4. The van der Waals surface area contributed by atoms with Gasteiger partial charge in [0.15, 0.2) is 0 Å². The highest BCUT2D eigenvalue weighted by Crippen LogP contribution is 2.22. The van der Waals surface area contributed by atoms with Crippen molar-refractivity contribution in [1.82, 2.24) is 15.3 Å². The summed E-state index contributed by atoms with van der Waals surface area (Å²) in [6.07, 6.45) is 2.52. The van der Waals surface area contributed by atoms with Crippen molar-refractivity contribution < 1.29 is 4.79 Å². The number of aromatic amines is 1. The van der Waals surface area contributed by atoms with Gasteiger partial charge in [-0.1, -0.05) is 48.9 Å². The lowest BCUT2D eigenvalue weighted by Crippen LogP contribution is -2.29. The van der Waals surface area contributed by atoms with Crippen molar-refractivity contribution in [2.24, 2.45) is 0 Å². The maximum atomic E-state index is 12.6. The molecule has 25 heavy (non-hydrogen) atoms. The standard InChI is InChI=1S/C19H17ClIN3O/c1-2-16(24-19(25)14-10-13(20)8-9-15(14)21)18-22-11-17(23-18)12-6-4-3-5-7-12/h3-11,16H,2H2,1H3,(H,22,23)(H,24,25). The number of nitrogens with one attached hydrogen (secondary N) is 2. The molecule has 0 aliphatic carbocycles. The van der Waals surface area contributed by atoms with E-state index in [2.05, 4.69) is 37.9 Å². The van der Waals surface area contributed by atoms with Gasteiger partial charge in [-0.05, 0) is 52.8 Å². The van der Waals surface area contributed by atoms with Gasteiger partial charge in [0.05, 0.1) is 23.5 Å². The first-order chi connectivity index (χ1) is 12.1. The first kappa shape index (κ1) is 17.9. The summed E-state index contributed by atoms with van der Waals surface area (Å²) in [5, 5.41) is 3.58. The highest BCUT2D eigenvalue weighted by molar-refractivity contribution is 14.1. The number of nitrogens with zero attached hydrogens (tertiary/aromatic N) is 1. The number of benzene rings is 2. The van der Waals surface area contributed by atoms with Crippen LogP contribution in [-0.4, -0.2) is 15.9 Å². The van der Waals surface area contributed by atoms with Crippen LogP contribution in [0.5, 0.6) is 0 Å². The zero-order valence-electron chi connectivity index (χ0n) is 13.6. The molecule has 0 aliphatic rings. The third kappa shape index (κ3) is 4.22. The molecular formula is C19H17ClIN3O. The average molecular weight is 466 g/mol. The minimum absolute atomic E-state index is 0.156. The monoisotopic (exact) mass is 465 g/mol. The van der Waals surface area contributed by atoms with Crippen molar-refractivity contribution in [3.05, 3.63) is 74.7 Å². The molecule has 3 aromatic rings. The lowest BCUT2D eigenvalue weighted by molar-refractivity contribution is 0.0933. The Hall–Kier alpha value is -1.86. The van der Waals surface area contributed by atoms with E-state index in [0.717, 1.165) is 27.1 Å². The second kappa shape index (κ2) is 8.01. The number of H-pyrrole nitrogens is 1. The fourth-order valence-corrected chi connectivity index (χ4v) is 3.30. The van der Waals surface area contributed by atoms with Crippen molar-refractivity contribution in [2.45, 2.75) is 19.4 Å². The van der Waals surface area contributed by atoms with Gasteiger partial charge in [0.25, 0.3) is 5.91 Å². The molecule has 0 bridgehead atoms.